The lowest BCUT2D eigenvalue weighted by atomic mass is 9.94. The van der Waals surface area contributed by atoms with Crippen molar-refractivity contribution in [3.63, 3.8) is 0 Å². The summed E-state index contributed by atoms with van der Waals surface area (Å²) in [4.78, 5) is 23.9. The molecule has 1 fully saturated rings. The topological polar surface area (TPSA) is 131 Å². The van der Waals surface area contributed by atoms with E-state index < -0.39 is 21.9 Å². The third-order valence-electron chi connectivity index (χ3n) is 6.67. The fourth-order valence-electron chi connectivity index (χ4n) is 4.51. The van der Waals surface area contributed by atoms with Gasteiger partial charge >= 0.3 is 5.97 Å². The normalized spacial score (nSPS) is 17.1. The van der Waals surface area contributed by atoms with Crippen molar-refractivity contribution >= 4 is 27.6 Å². The lowest BCUT2D eigenvalue weighted by Crippen LogP contribution is -2.40. The van der Waals surface area contributed by atoms with Crippen molar-refractivity contribution in [2.45, 2.75) is 57.6 Å². The van der Waals surface area contributed by atoms with Crippen LogP contribution in [0.25, 0.3) is 0 Å². The summed E-state index contributed by atoms with van der Waals surface area (Å²) in [6, 6.07) is 20.0. The number of amides is 1. The Labute approximate surface area is 234 Å². The van der Waals surface area contributed by atoms with E-state index in [-0.39, 0.29) is 29.1 Å². The van der Waals surface area contributed by atoms with Gasteiger partial charge in [-0.2, -0.15) is 0 Å². The number of nitrogens with one attached hydrogen (secondary N) is 2. The summed E-state index contributed by atoms with van der Waals surface area (Å²) in [5.74, 6) is 0.488. The number of aromatic carboxylic acids is 1. The van der Waals surface area contributed by atoms with Crippen LogP contribution in [0.1, 0.15) is 66.2 Å². The van der Waals surface area contributed by atoms with Crippen molar-refractivity contribution in [1.82, 2.24) is 4.72 Å². The van der Waals surface area contributed by atoms with Crippen LogP contribution >= 0.6 is 0 Å². The molecule has 0 bridgehead atoms. The molecule has 1 amide bonds. The summed E-state index contributed by atoms with van der Waals surface area (Å²) in [5, 5.41) is 11.9. The minimum absolute atomic E-state index is 0.0150. The Morgan fingerprint density at radius 3 is 2.10 bits per heavy atom. The van der Waals surface area contributed by atoms with Crippen molar-refractivity contribution in [3.05, 3.63) is 83.9 Å². The van der Waals surface area contributed by atoms with E-state index in [0.29, 0.717) is 29.2 Å². The van der Waals surface area contributed by atoms with Gasteiger partial charge < -0.3 is 19.9 Å². The number of carbonyl (C=O) groups excluding carboxylic acids is 1. The lowest BCUT2D eigenvalue weighted by Gasteiger charge is -2.29. The number of rotatable bonds is 12. The van der Waals surface area contributed by atoms with Gasteiger partial charge in [-0.3, -0.25) is 4.79 Å². The van der Waals surface area contributed by atoms with Crippen LogP contribution < -0.4 is 19.5 Å². The molecule has 1 saturated carbocycles. The summed E-state index contributed by atoms with van der Waals surface area (Å²) < 4.78 is 39.1. The van der Waals surface area contributed by atoms with Gasteiger partial charge in [0.15, 0.2) is 0 Å². The Hall–Kier alpha value is -3.89. The largest absolute Gasteiger partial charge is 0.490 e. The Kier molecular flexibility index (Phi) is 9.79. The molecule has 4 rings (SSSR count). The van der Waals surface area contributed by atoms with E-state index in [9.17, 15) is 23.1 Å². The molecular formula is C30H34N2O7S. The quantitative estimate of drug-likeness (QED) is 0.251. The Morgan fingerprint density at radius 2 is 1.48 bits per heavy atom. The zero-order valence-corrected chi connectivity index (χ0v) is 23.2. The van der Waals surface area contributed by atoms with Crippen LogP contribution in [0.15, 0.2) is 72.8 Å². The number of benzene rings is 3. The van der Waals surface area contributed by atoms with E-state index in [0.717, 1.165) is 32.1 Å². The molecule has 40 heavy (non-hydrogen) atoms. The van der Waals surface area contributed by atoms with Gasteiger partial charge in [0.1, 0.15) is 17.2 Å². The second kappa shape index (κ2) is 13.5. The molecule has 10 heteroatoms. The maximum atomic E-state index is 12.6. The average molecular weight is 567 g/mol. The predicted octanol–water partition coefficient (Wildman–Crippen LogP) is 5.84. The number of para-hydroxylation sites is 1. The molecule has 0 atom stereocenters. The van der Waals surface area contributed by atoms with Gasteiger partial charge in [0.05, 0.1) is 23.1 Å². The highest BCUT2D eigenvalue weighted by Crippen LogP contribution is 2.28. The first kappa shape index (κ1) is 29.1. The number of carbonyl (C=O) groups is 2. The molecule has 0 unspecified atom stereocenters. The van der Waals surface area contributed by atoms with Gasteiger partial charge in [-0.25, -0.2) is 17.9 Å². The molecule has 0 spiro atoms. The number of sulfonamides is 1. The molecule has 1 aliphatic carbocycles. The number of carboxylic acids is 1. The molecule has 0 heterocycles. The minimum Gasteiger partial charge on any atom is -0.490 e. The van der Waals surface area contributed by atoms with E-state index in [2.05, 4.69) is 10.0 Å². The van der Waals surface area contributed by atoms with Crippen LogP contribution in [0, 0.1) is 0 Å². The molecular weight excluding hydrogens is 532 g/mol. The molecule has 3 aromatic carbocycles. The predicted molar refractivity (Wildman–Crippen MR) is 153 cm³/mol. The molecule has 1 aliphatic rings. The van der Waals surface area contributed by atoms with Gasteiger partial charge in [-0.15, -0.1) is 0 Å². The highest BCUT2D eigenvalue weighted by molar-refractivity contribution is 7.89. The summed E-state index contributed by atoms with van der Waals surface area (Å²) in [5.41, 5.74) is 0.601. The van der Waals surface area contributed by atoms with E-state index in [4.69, 9.17) is 9.47 Å². The molecule has 212 valence electrons. The maximum Gasteiger partial charge on any atom is 0.337 e. The summed E-state index contributed by atoms with van der Waals surface area (Å²) >= 11 is 0. The van der Waals surface area contributed by atoms with Crippen molar-refractivity contribution < 1.29 is 32.6 Å². The third kappa shape index (κ3) is 8.30. The second-order valence-corrected chi connectivity index (χ2v) is 11.7. The van der Waals surface area contributed by atoms with Crippen LogP contribution in [0.3, 0.4) is 0 Å². The number of unbranched alkanes of at least 4 members (excludes halogenated alkanes) is 1. The van der Waals surface area contributed by atoms with Gasteiger partial charge in [-0.1, -0.05) is 25.5 Å². The first-order valence-electron chi connectivity index (χ1n) is 13.4. The summed E-state index contributed by atoms with van der Waals surface area (Å²) in [6.45, 7) is 1.98. The first-order chi connectivity index (χ1) is 19.2. The standard InChI is InChI=1S/C30H34N2O7S/c1-2-3-20-40(36,37)32-22-10-14-24(15-11-22)39-26-18-16-25(17-19-26)38-23-12-8-21(9-13-23)29(33)31-28-7-5-4-6-27(28)30(34)35/h4-9,12-13,16-19,22,24,32H,2-3,10-11,14-15,20H2,1H3,(H,31,33)(H,34,35). The molecule has 0 saturated heterocycles. The smallest absolute Gasteiger partial charge is 0.337 e. The number of ether oxygens (including phenoxy) is 2. The van der Waals surface area contributed by atoms with Crippen molar-refractivity contribution in [2.24, 2.45) is 0 Å². The molecule has 3 aromatic rings. The van der Waals surface area contributed by atoms with Gasteiger partial charge in [0, 0.05) is 11.6 Å². The number of hydrogen-bond acceptors (Lipinski definition) is 6. The lowest BCUT2D eigenvalue weighted by molar-refractivity contribution is 0.0698. The highest BCUT2D eigenvalue weighted by Gasteiger charge is 2.25. The van der Waals surface area contributed by atoms with Gasteiger partial charge in [0.2, 0.25) is 10.0 Å². The average Bonchev–Trinajstić information content (AvgIpc) is 2.94. The molecule has 0 aliphatic heterocycles. The molecule has 9 nitrogen and oxygen atoms in total. The SMILES string of the molecule is CCCCS(=O)(=O)NC1CCC(Oc2ccc(Oc3ccc(C(=O)Nc4ccccc4C(=O)O)cc3)cc2)CC1. The molecule has 0 aromatic heterocycles. The van der Waals surface area contributed by atoms with Crippen molar-refractivity contribution in [2.75, 3.05) is 11.1 Å². The Balaban J connectivity index is 1.25. The minimum atomic E-state index is -3.22. The van der Waals surface area contributed by atoms with E-state index in [1.165, 1.54) is 12.1 Å². The molecule has 3 N–H and O–H groups in total. The first-order valence-corrected chi connectivity index (χ1v) is 15.1. The second-order valence-electron chi connectivity index (χ2n) is 9.78. The third-order valence-corrected chi connectivity index (χ3v) is 8.19. The van der Waals surface area contributed by atoms with Gasteiger partial charge in [0.25, 0.3) is 5.91 Å². The highest BCUT2D eigenvalue weighted by atomic mass is 32.2. The number of hydrogen-bond donors (Lipinski definition) is 3. The van der Waals surface area contributed by atoms with Crippen LogP contribution in [0.5, 0.6) is 17.2 Å². The summed E-state index contributed by atoms with van der Waals surface area (Å²) in [6.07, 6.45) is 4.60. The Morgan fingerprint density at radius 1 is 0.875 bits per heavy atom. The maximum absolute atomic E-state index is 12.6. The van der Waals surface area contributed by atoms with Crippen molar-refractivity contribution in [1.29, 1.82) is 0 Å². The van der Waals surface area contributed by atoms with Crippen LogP contribution in [0.4, 0.5) is 5.69 Å². The molecule has 0 radical (unpaired) electrons. The summed E-state index contributed by atoms with van der Waals surface area (Å²) in [7, 11) is -3.22. The number of carboxylic acid groups (broad SMARTS) is 1. The van der Waals surface area contributed by atoms with Crippen LogP contribution in [-0.2, 0) is 10.0 Å². The number of anilines is 1. The van der Waals surface area contributed by atoms with Crippen LogP contribution in [-0.4, -0.2) is 43.3 Å². The van der Waals surface area contributed by atoms with Gasteiger partial charge in [-0.05, 0) is 92.8 Å². The zero-order valence-electron chi connectivity index (χ0n) is 22.3. The van der Waals surface area contributed by atoms with Crippen molar-refractivity contribution in [3.8, 4) is 17.2 Å². The fourth-order valence-corrected chi connectivity index (χ4v) is 6.04. The van der Waals surface area contributed by atoms with Crippen LogP contribution in [0.2, 0.25) is 0 Å². The van der Waals surface area contributed by atoms with E-state index in [1.54, 1.807) is 48.5 Å². The van der Waals surface area contributed by atoms with E-state index >= 15 is 0 Å². The zero-order chi connectivity index (χ0) is 28.5. The fraction of sp³-hybridized carbons (Fsp3) is 0.333. The monoisotopic (exact) mass is 566 g/mol. The van der Waals surface area contributed by atoms with E-state index in [1.807, 2.05) is 19.1 Å². The Bertz CT molecular complexity index is 1400.